The Kier molecular flexibility index (Phi) is 7.26. The van der Waals surface area contributed by atoms with Gasteiger partial charge in [-0.15, -0.1) is 0 Å². The monoisotopic (exact) mass is 468 g/mol. The number of hydrogen-bond donors (Lipinski definition) is 2. The summed E-state index contributed by atoms with van der Waals surface area (Å²) in [6.07, 6.45) is 0.707. The zero-order valence-electron chi connectivity index (χ0n) is 19.6. The third-order valence-electron chi connectivity index (χ3n) is 5.90. The van der Waals surface area contributed by atoms with Gasteiger partial charge in [0.2, 0.25) is 5.91 Å². The molecule has 4 rings (SSSR count). The maximum atomic E-state index is 13.5. The van der Waals surface area contributed by atoms with E-state index in [1.165, 1.54) is 9.47 Å². The number of aromatic nitrogens is 2. The summed E-state index contributed by atoms with van der Waals surface area (Å²) in [5.41, 5.74) is 8.94. The van der Waals surface area contributed by atoms with Crippen molar-refractivity contribution in [3.63, 3.8) is 0 Å². The lowest BCUT2D eigenvalue weighted by Gasteiger charge is -2.25. The maximum Gasteiger partial charge on any atom is 0.330 e. The first kappa shape index (κ1) is 23.8. The van der Waals surface area contributed by atoms with Crippen molar-refractivity contribution in [2.45, 2.75) is 32.9 Å². The summed E-state index contributed by atoms with van der Waals surface area (Å²) in [6, 6.07) is 26.7. The number of benzene rings is 3. The number of amides is 1. The van der Waals surface area contributed by atoms with Crippen LogP contribution in [0.1, 0.15) is 28.7 Å². The molecule has 7 nitrogen and oxygen atoms in total. The molecule has 3 N–H and O–H groups in total. The lowest BCUT2D eigenvalue weighted by atomic mass is 10.1. The van der Waals surface area contributed by atoms with Crippen LogP contribution >= 0.6 is 0 Å². The van der Waals surface area contributed by atoms with Crippen molar-refractivity contribution < 1.29 is 4.79 Å². The Balaban J connectivity index is 1.71. The Morgan fingerprint density at radius 2 is 1.46 bits per heavy atom. The summed E-state index contributed by atoms with van der Waals surface area (Å²) in [5.74, 6) is -0.293. The molecular weight excluding hydrogens is 440 g/mol. The van der Waals surface area contributed by atoms with Gasteiger partial charge in [-0.25, -0.2) is 4.79 Å². The van der Waals surface area contributed by atoms with Crippen molar-refractivity contribution in [3.8, 4) is 0 Å². The number of nitrogen functional groups attached to an aromatic ring is 1. The second-order valence-corrected chi connectivity index (χ2v) is 8.52. The van der Waals surface area contributed by atoms with E-state index in [-0.39, 0.29) is 36.9 Å². The number of carbonyl (C=O) groups is 1. The molecule has 0 aliphatic rings. The topological polar surface area (TPSA) is 101 Å². The highest BCUT2D eigenvalue weighted by atomic mass is 16.2. The molecule has 4 aromatic rings. The van der Waals surface area contributed by atoms with Crippen molar-refractivity contribution in [1.29, 1.82) is 0 Å². The van der Waals surface area contributed by atoms with Crippen molar-refractivity contribution in [2.75, 3.05) is 10.6 Å². The van der Waals surface area contributed by atoms with Gasteiger partial charge in [-0.1, -0.05) is 90.5 Å². The second-order valence-electron chi connectivity index (χ2n) is 8.52. The highest BCUT2D eigenvalue weighted by molar-refractivity contribution is 5.95. The minimum absolute atomic E-state index is 0.0155. The van der Waals surface area contributed by atoms with Gasteiger partial charge in [0.05, 0.1) is 13.1 Å². The normalized spacial score (nSPS) is 10.8. The zero-order chi connectivity index (χ0) is 24.8. The number of anilines is 2. The van der Waals surface area contributed by atoms with E-state index in [9.17, 15) is 14.4 Å². The molecule has 0 spiro atoms. The largest absolute Gasteiger partial charge is 0.383 e. The van der Waals surface area contributed by atoms with E-state index in [0.717, 1.165) is 22.3 Å². The maximum absolute atomic E-state index is 13.5. The standard InChI is InChI=1S/C28H28N4O3/c1-20-12-14-21(15-13-20)16-17-24(33)31(18-22-8-4-2-5-9-22)25-26(29)32(28(35)30-27(25)34)19-23-10-6-3-7-11-23/h2-15H,16-19,29H2,1H3,(H,30,34,35). The molecule has 0 aliphatic heterocycles. The number of carbonyl (C=O) groups excluding carboxylic acids is 1. The van der Waals surface area contributed by atoms with Gasteiger partial charge in [-0.3, -0.25) is 19.1 Å². The van der Waals surface area contributed by atoms with E-state index < -0.39 is 11.2 Å². The molecule has 35 heavy (non-hydrogen) atoms. The first-order valence-corrected chi connectivity index (χ1v) is 11.5. The van der Waals surface area contributed by atoms with Gasteiger partial charge in [0, 0.05) is 6.42 Å². The summed E-state index contributed by atoms with van der Waals surface area (Å²) in [4.78, 5) is 42.8. The van der Waals surface area contributed by atoms with Gasteiger partial charge in [-0.05, 0) is 30.0 Å². The highest BCUT2D eigenvalue weighted by Crippen LogP contribution is 2.22. The number of rotatable bonds is 8. The molecule has 0 fully saturated rings. The average molecular weight is 469 g/mol. The summed E-state index contributed by atoms with van der Waals surface area (Å²) in [6.45, 7) is 2.34. The van der Waals surface area contributed by atoms with E-state index in [4.69, 9.17) is 5.73 Å². The third kappa shape index (κ3) is 5.76. The third-order valence-corrected chi connectivity index (χ3v) is 5.90. The van der Waals surface area contributed by atoms with Crippen molar-refractivity contribution in [1.82, 2.24) is 9.55 Å². The highest BCUT2D eigenvalue weighted by Gasteiger charge is 2.24. The molecule has 1 amide bonds. The van der Waals surface area contributed by atoms with Gasteiger partial charge >= 0.3 is 5.69 Å². The number of hydrogen-bond acceptors (Lipinski definition) is 4. The van der Waals surface area contributed by atoms with Crippen molar-refractivity contribution >= 4 is 17.4 Å². The van der Waals surface area contributed by atoms with Crippen LogP contribution in [0.5, 0.6) is 0 Å². The lowest BCUT2D eigenvalue weighted by molar-refractivity contribution is -0.118. The first-order valence-electron chi connectivity index (χ1n) is 11.5. The van der Waals surface area contributed by atoms with Crippen LogP contribution in [0, 0.1) is 6.92 Å². The number of nitrogens with one attached hydrogen (secondary N) is 1. The Morgan fingerprint density at radius 1 is 0.857 bits per heavy atom. The molecule has 0 radical (unpaired) electrons. The number of aryl methyl sites for hydroxylation is 2. The van der Waals surface area contributed by atoms with Crippen LogP contribution in [0.3, 0.4) is 0 Å². The fourth-order valence-electron chi connectivity index (χ4n) is 3.96. The van der Waals surface area contributed by atoms with E-state index in [2.05, 4.69) is 4.98 Å². The van der Waals surface area contributed by atoms with Crippen LogP contribution in [0.2, 0.25) is 0 Å². The molecule has 0 aliphatic carbocycles. The quantitative estimate of drug-likeness (QED) is 0.412. The van der Waals surface area contributed by atoms with E-state index in [1.807, 2.05) is 91.9 Å². The van der Waals surface area contributed by atoms with Crippen LogP contribution in [0.15, 0.2) is 94.5 Å². The summed E-state index contributed by atoms with van der Waals surface area (Å²) in [5, 5.41) is 0. The summed E-state index contributed by atoms with van der Waals surface area (Å²) in [7, 11) is 0. The number of H-pyrrole nitrogens is 1. The van der Waals surface area contributed by atoms with Crippen LogP contribution in [0.4, 0.5) is 11.5 Å². The van der Waals surface area contributed by atoms with Gasteiger partial charge in [0.25, 0.3) is 5.56 Å². The van der Waals surface area contributed by atoms with E-state index in [0.29, 0.717) is 6.42 Å². The zero-order valence-corrected chi connectivity index (χ0v) is 19.6. The van der Waals surface area contributed by atoms with Crippen LogP contribution in [-0.2, 0) is 24.3 Å². The summed E-state index contributed by atoms with van der Waals surface area (Å²) < 4.78 is 1.29. The minimum atomic E-state index is -0.684. The van der Waals surface area contributed by atoms with Gasteiger partial charge in [-0.2, -0.15) is 0 Å². The Hall–Kier alpha value is -4.39. The Morgan fingerprint density at radius 3 is 2.09 bits per heavy atom. The van der Waals surface area contributed by atoms with Crippen LogP contribution in [-0.4, -0.2) is 15.5 Å². The molecule has 1 aromatic heterocycles. The SMILES string of the molecule is Cc1ccc(CCC(=O)N(Cc2ccccc2)c2c(N)n(Cc3ccccc3)c(=O)[nH]c2=O)cc1. The van der Waals surface area contributed by atoms with Crippen molar-refractivity contribution in [2.24, 2.45) is 0 Å². The Labute approximate surface area is 203 Å². The molecule has 0 bridgehead atoms. The van der Waals surface area contributed by atoms with Gasteiger partial charge in [0.1, 0.15) is 5.82 Å². The van der Waals surface area contributed by atoms with Crippen molar-refractivity contribution in [3.05, 3.63) is 128 Å². The fourth-order valence-corrected chi connectivity index (χ4v) is 3.96. The molecular formula is C28H28N4O3. The molecule has 178 valence electrons. The molecule has 0 saturated carbocycles. The van der Waals surface area contributed by atoms with E-state index in [1.54, 1.807) is 0 Å². The van der Waals surface area contributed by atoms with Gasteiger partial charge in [0.15, 0.2) is 5.69 Å². The predicted molar refractivity (Wildman–Crippen MR) is 138 cm³/mol. The number of nitrogens with two attached hydrogens (primary N) is 1. The lowest BCUT2D eigenvalue weighted by Crippen LogP contribution is -2.41. The van der Waals surface area contributed by atoms with E-state index >= 15 is 0 Å². The molecule has 0 unspecified atom stereocenters. The van der Waals surface area contributed by atoms with Gasteiger partial charge < -0.3 is 10.6 Å². The average Bonchev–Trinajstić information content (AvgIpc) is 2.86. The number of nitrogens with zero attached hydrogens (tertiary/aromatic N) is 2. The Bertz CT molecular complexity index is 1410. The first-order chi connectivity index (χ1) is 16.9. The molecule has 0 saturated heterocycles. The molecule has 3 aromatic carbocycles. The molecule has 7 heteroatoms. The smallest absolute Gasteiger partial charge is 0.330 e. The van der Waals surface area contributed by atoms with Crippen LogP contribution in [0.25, 0.3) is 0 Å². The predicted octanol–water partition coefficient (Wildman–Crippen LogP) is 3.64. The molecule has 0 atom stereocenters. The number of aromatic amines is 1. The summed E-state index contributed by atoms with van der Waals surface area (Å²) >= 11 is 0. The fraction of sp³-hybridized carbons (Fsp3) is 0.179. The molecule has 1 heterocycles. The minimum Gasteiger partial charge on any atom is -0.383 e. The van der Waals surface area contributed by atoms with Crippen LogP contribution < -0.4 is 21.9 Å². The second kappa shape index (κ2) is 10.7.